The number of sulfonamides is 1. The SMILES string of the molecule is CCS(=O)(=O)NCC1CN(C(=O)O)C1. The van der Waals surface area contributed by atoms with Crippen molar-refractivity contribution < 1.29 is 18.3 Å². The molecule has 0 aromatic rings. The Balaban J connectivity index is 2.21. The van der Waals surface area contributed by atoms with Crippen LogP contribution in [-0.2, 0) is 10.0 Å². The van der Waals surface area contributed by atoms with Gasteiger partial charge >= 0.3 is 6.09 Å². The molecule has 82 valence electrons. The zero-order valence-electron chi connectivity index (χ0n) is 7.93. The highest BCUT2D eigenvalue weighted by atomic mass is 32.2. The van der Waals surface area contributed by atoms with Gasteiger partial charge < -0.3 is 10.0 Å². The fourth-order valence-corrected chi connectivity index (χ4v) is 1.90. The molecule has 0 atom stereocenters. The highest BCUT2D eigenvalue weighted by molar-refractivity contribution is 7.89. The molecule has 0 saturated carbocycles. The summed E-state index contributed by atoms with van der Waals surface area (Å²) in [5.41, 5.74) is 0. The zero-order valence-corrected chi connectivity index (χ0v) is 8.75. The van der Waals surface area contributed by atoms with Crippen LogP contribution in [0.5, 0.6) is 0 Å². The molecule has 0 aliphatic carbocycles. The van der Waals surface area contributed by atoms with Gasteiger partial charge in [-0.15, -0.1) is 0 Å². The molecule has 14 heavy (non-hydrogen) atoms. The van der Waals surface area contributed by atoms with Crippen LogP contribution >= 0.6 is 0 Å². The van der Waals surface area contributed by atoms with Gasteiger partial charge in [0, 0.05) is 25.6 Å². The Morgan fingerprint density at radius 1 is 1.57 bits per heavy atom. The predicted molar refractivity (Wildman–Crippen MR) is 50.6 cm³/mol. The van der Waals surface area contributed by atoms with Gasteiger partial charge in [-0.05, 0) is 6.92 Å². The maximum atomic E-state index is 11.0. The summed E-state index contributed by atoms with van der Waals surface area (Å²) < 4.78 is 24.5. The average molecular weight is 222 g/mol. The molecule has 1 aliphatic heterocycles. The van der Waals surface area contributed by atoms with E-state index in [0.717, 1.165) is 0 Å². The molecule has 7 heteroatoms. The first-order valence-electron chi connectivity index (χ1n) is 4.40. The van der Waals surface area contributed by atoms with Crippen LogP contribution in [0.1, 0.15) is 6.92 Å². The first-order valence-corrected chi connectivity index (χ1v) is 6.05. The van der Waals surface area contributed by atoms with Gasteiger partial charge in [-0.1, -0.05) is 0 Å². The number of rotatable bonds is 4. The van der Waals surface area contributed by atoms with E-state index in [-0.39, 0.29) is 11.7 Å². The molecular formula is C7H14N2O4S. The standard InChI is InChI=1S/C7H14N2O4S/c1-2-14(12,13)8-3-6-4-9(5-6)7(10)11/h6,8H,2-5H2,1H3,(H,10,11). The van der Waals surface area contributed by atoms with Crippen LogP contribution in [0.2, 0.25) is 0 Å². The highest BCUT2D eigenvalue weighted by Crippen LogP contribution is 2.14. The van der Waals surface area contributed by atoms with Crippen molar-refractivity contribution >= 4 is 16.1 Å². The zero-order chi connectivity index (χ0) is 10.8. The van der Waals surface area contributed by atoms with Crippen molar-refractivity contribution in [3.05, 3.63) is 0 Å². The molecule has 1 rings (SSSR count). The number of hydrogen-bond acceptors (Lipinski definition) is 3. The lowest BCUT2D eigenvalue weighted by Gasteiger charge is -2.36. The van der Waals surface area contributed by atoms with E-state index in [4.69, 9.17) is 5.11 Å². The minimum absolute atomic E-state index is 0.0579. The van der Waals surface area contributed by atoms with Crippen molar-refractivity contribution in [1.29, 1.82) is 0 Å². The number of hydrogen-bond donors (Lipinski definition) is 2. The van der Waals surface area contributed by atoms with Crippen LogP contribution in [-0.4, -0.2) is 49.9 Å². The molecule has 0 aromatic carbocycles. The van der Waals surface area contributed by atoms with Crippen molar-refractivity contribution in [2.75, 3.05) is 25.4 Å². The lowest BCUT2D eigenvalue weighted by Crippen LogP contribution is -2.53. The monoisotopic (exact) mass is 222 g/mol. The van der Waals surface area contributed by atoms with Gasteiger partial charge in [-0.2, -0.15) is 0 Å². The summed E-state index contributed by atoms with van der Waals surface area (Å²) in [6.07, 6.45) is -0.945. The van der Waals surface area contributed by atoms with Crippen LogP contribution in [0, 0.1) is 5.92 Å². The Morgan fingerprint density at radius 3 is 2.57 bits per heavy atom. The molecule has 0 unspecified atom stereocenters. The number of likely N-dealkylation sites (tertiary alicyclic amines) is 1. The normalized spacial score (nSPS) is 17.9. The molecule has 1 aliphatic rings. The Kier molecular flexibility index (Phi) is 3.33. The minimum atomic E-state index is -3.14. The fraction of sp³-hybridized carbons (Fsp3) is 0.857. The van der Waals surface area contributed by atoms with Crippen LogP contribution in [0.4, 0.5) is 4.79 Å². The van der Waals surface area contributed by atoms with E-state index in [0.29, 0.717) is 19.6 Å². The number of carboxylic acid groups (broad SMARTS) is 1. The Labute approximate surface area is 82.9 Å². The first-order chi connectivity index (χ1) is 6.44. The smallest absolute Gasteiger partial charge is 0.407 e. The number of nitrogens with zero attached hydrogens (tertiary/aromatic N) is 1. The average Bonchev–Trinajstić information content (AvgIpc) is 2.00. The quantitative estimate of drug-likeness (QED) is 0.673. The molecule has 1 fully saturated rings. The van der Waals surface area contributed by atoms with Gasteiger partial charge in [0.2, 0.25) is 10.0 Å². The van der Waals surface area contributed by atoms with Crippen LogP contribution < -0.4 is 4.72 Å². The second kappa shape index (κ2) is 4.14. The van der Waals surface area contributed by atoms with E-state index >= 15 is 0 Å². The van der Waals surface area contributed by atoms with Crippen LogP contribution in [0.15, 0.2) is 0 Å². The molecule has 0 aromatic heterocycles. The topological polar surface area (TPSA) is 86.7 Å². The Bertz CT molecular complexity index is 308. The van der Waals surface area contributed by atoms with Gasteiger partial charge in [-0.25, -0.2) is 17.9 Å². The summed E-state index contributed by atoms with van der Waals surface area (Å²) in [5.74, 6) is 0.176. The molecule has 0 spiro atoms. The summed E-state index contributed by atoms with van der Waals surface area (Å²) in [7, 11) is -3.14. The summed E-state index contributed by atoms with van der Waals surface area (Å²) in [6, 6.07) is 0. The van der Waals surface area contributed by atoms with E-state index < -0.39 is 16.1 Å². The Morgan fingerprint density at radius 2 is 2.14 bits per heavy atom. The van der Waals surface area contributed by atoms with Gasteiger partial charge in [-0.3, -0.25) is 0 Å². The summed E-state index contributed by atoms with van der Waals surface area (Å²) in [6.45, 7) is 2.73. The highest BCUT2D eigenvalue weighted by Gasteiger charge is 2.30. The fourth-order valence-electron chi connectivity index (χ4n) is 1.20. The summed E-state index contributed by atoms with van der Waals surface area (Å²) in [4.78, 5) is 11.6. The maximum absolute atomic E-state index is 11.0. The second-order valence-electron chi connectivity index (χ2n) is 3.31. The van der Waals surface area contributed by atoms with Crippen molar-refractivity contribution in [2.24, 2.45) is 5.92 Å². The van der Waals surface area contributed by atoms with Crippen molar-refractivity contribution in [2.45, 2.75) is 6.92 Å². The first kappa shape index (κ1) is 11.3. The molecule has 6 nitrogen and oxygen atoms in total. The van der Waals surface area contributed by atoms with Gasteiger partial charge in [0.05, 0.1) is 5.75 Å². The van der Waals surface area contributed by atoms with Gasteiger partial charge in [0.1, 0.15) is 0 Å². The third-order valence-electron chi connectivity index (χ3n) is 2.20. The molecule has 1 amide bonds. The van der Waals surface area contributed by atoms with Crippen molar-refractivity contribution in [1.82, 2.24) is 9.62 Å². The van der Waals surface area contributed by atoms with Crippen molar-refractivity contribution in [3.63, 3.8) is 0 Å². The van der Waals surface area contributed by atoms with E-state index in [1.54, 1.807) is 6.92 Å². The molecule has 2 N–H and O–H groups in total. The van der Waals surface area contributed by atoms with Gasteiger partial charge in [0.25, 0.3) is 0 Å². The molecule has 1 saturated heterocycles. The van der Waals surface area contributed by atoms with E-state index in [2.05, 4.69) is 4.72 Å². The second-order valence-corrected chi connectivity index (χ2v) is 5.40. The third kappa shape index (κ3) is 2.85. The van der Waals surface area contributed by atoms with Crippen LogP contribution in [0.3, 0.4) is 0 Å². The third-order valence-corrected chi connectivity index (χ3v) is 3.57. The largest absolute Gasteiger partial charge is 0.465 e. The molecule has 0 bridgehead atoms. The van der Waals surface area contributed by atoms with E-state index in [1.807, 2.05) is 0 Å². The van der Waals surface area contributed by atoms with Crippen LogP contribution in [0.25, 0.3) is 0 Å². The molecular weight excluding hydrogens is 208 g/mol. The lowest BCUT2D eigenvalue weighted by atomic mass is 10.0. The lowest BCUT2D eigenvalue weighted by molar-refractivity contribution is 0.0837. The van der Waals surface area contributed by atoms with Crippen molar-refractivity contribution in [3.8, 4) is 0 Å². The van der Waals surface area contributed by atoms with E-state index in [1.165, 1.54) is 4.90 Å². The number of nitrogens with one attached hydrogen (secondary N) is 1. The summed E-state index contributed by atoms with van der Waals surface area (Å²) in [5, 5.41) is 8.51. The molecule has 0 radical (unpaired) electrons. The number of carbonyl (C=O) groups is 1. The number of amides is 1. The van der Waals surface area contributed by atoms with E-state index in [9.17, 15) is 13.2 Å². The minimum Gasteiger partial charge on any atom is -0.465 e. The predicted octanol–water partition coefficient (Wildman–Crippen LogP) is -0.464. The maximum Gasteiger partial charge on any atom is 0.407 e. The molecule has 1 heterocycles. The van der Waals surface area contributed by atoms with Gasteiger partial charge in [0.15, 0.2) is 0 Å². The Hall–Kier alpha value is -0.820. The summed E-state index contributed by atoms with van der Waals surface area (Å²) >= 11 is 0.